The first-order valence-electron chi connectivity index (χ1n) is 20.4. The van der Waals surface area contributed by atoms with Crippen molar-refractivity contribution in [2.75, 3.05) is 41.0 Å². The third kappa shape index (κ3) is 32.9. The van der Waals surface area contributed by atoms with Crippen LogP contribution in [0.3, 0.4) is 0 Å². The number of carbonyl (C=O) groups is 3. The van der Waals surface area contributed by atoms with Crippen molar-refractivity contribution >= 4 is 17.9 Å². The molecule has 8 heteroatoms. The van der Waals surface area contributed by atoms with Crippen molar-refractivity contribution < 1.29 is 38.2 Å². The van der Waals surface area contributed by atoms with E-state index in [1.807, 2.05) is 36.5 Å². The molecule has 0 radical (unpaired) electrons. The average Bonchev–Trinajstić information content (AvgIpc) is 3.09. The van der Waals surface area contributed by atoms with Crippen molar-refractivity contribution in [1.29, 1.82) is 0 Å². The second kappa shape index (κ2) is 35.1. The van der Waals surface area contributed by atoms with Gasteiger partial charge in [-0.25, -0.2) is 0 Å². The lowest BCUT2D eigenvalue weighted by Crippen LogP contribution is -2.55. The molecule has 0 aromatic rings. The Morgan fingerprint density at radius 3 is 1.67 bits per heavy atom. The molecule has 2 atom stereocenters. The number of quaternary nitrogens is 1. The van der Waals surface area contributed by atoms with Gasteiger partial charge in [-0.3, -0.25) is 9.59 Å². The van der Waals surface area contributed by atoms with Crippen LogP contribution in [0, 0.1) is 0 Å². The van der Waals surface area contributed by atoms with Crippen LogP contribution < -0.4 is 5.11 Å². The zero-order valence-electron chi connectivity index (χ0n) is 33.7. The number of carbonyl (C=O) groups excluding carboxylic acids is 3. The number of aliphatic carboxylic acids is 1. The molecule has 0 amide bonds. The van der Waals surface area contributed by atoms with E-state index in [9.17, 15) is 19.5 Å². The number of unbranched alkanes of at least 4 members (excludes halogenated alkanes) is 14. The number of likely N-dealkylation sites (N-methyl/N-ethyl adjacent to an activating group) is 1. The van der Waals surface area contributed by atoms with Crippen molar-refractivity contribution in [2.45, 2.75) is 161 Å². The van der Waals surface area contributed by atoms with Gasteiger partial charge in [0.15, 0.2) is 6.10 Å². The Labute approximate surface area is 318 Å². The highest BCUT2D eigenvalue weighted by Gasteiger charge is 2.25. The number of rotatable bonds is 35. The summed E-state index contributed by atoms with van der Waals surface area (Å²) in [6.45, 7) is 4.44. The van der Waals surface area contributed by atoms with Gasteiger partial charge < -0.3 is 28.6 Å². The van der Waals surface area contributed by atoms with Crippen molar-refractivity contribution in [3.63, 3.8) is 0 Å². The smallest absolute Gasteiger partial charge is 0.306 e. The number of hydrogen-bond acceptors (Lipinski definition) is 7. The maximum Gasteiger partial charge on any atom is 0.306 e. The predicted octanol–water partition coefficient (Wildman–Crippen LogP) is 9.30. The molecule has 0 aliphatic rings. The molecule has 0 heterocycles. The minimum Gasteiger partial charge on any atom is -0.544 e. The first-order chi connectivity index (χ1) is 25.1. The first-order valence-corrected chi connectivity index (χ1v) is 20.4. The van der Waals surface area contributed by atoms with Crippen LogP contribution in [0.2, 0.25) is 0 Å². The summed E-state index contributed by atoms with van der Waals surface area (Å²) >= 11 is 0. The summed E-state index contributed by atoms with van der Waals surface area (Å²) in [4.78, 5) is 36.7. The summed E-state index contributed by atoms with van der Waals surface area (Å²) in [5.41, 5.74) is 0. The van der Waals surface area contributed by atoms with Crippen LogP contribution in [0.5, 0.6) is 0 Å². The molecule has 2 unspecified atom stereocenters. The van der Waals surface area contributed by atoms with Crippen LogP contribution in [-0.2, 0) is 28.6 Å². The minimum absolute atomic E-state index is 0.0209. The van der Waals surface area contributed by atoms with E-state index in [0.717, 1.165) is 44.9 Å². The topological polar surface area (TPSA) is 102 Å². The molecule has 0 saturated heterocycles. The zero-order valence-corrected chi connectivity index (χ0v) is 33.7. The molecule has 8 nitrogen and oxygen atoms in total. The number of allylic oxidation sites excluding steroid dienone is 10. The highest BCUT2D eigenvalue weighted by Crippen LogP contribution is 2.13. The van der Waals surface area contributed by atoms with E-state index in [0.29, 0.717) is 12.8 Å². The second-order valence-corrected chi connectivity index (χ2v) is 14.6. The lowest BCUT2D eigenvalue weighted by molar-refractivity contribution is -0.889. The first kappa shape index (κ1) is 49.0. The Kier molecular flexibility index (Phi) is 33.1. The van der Waals surface area contributed by atoms with Crippen molar-refractivity contribution in [2.24, 2.45) is 0 Å². The Morgan fingerprint density at radius 2 is 1.10 bits per heavy atom. The summed E-state index contributed by atoms with van der Waals surface area (Å²) in [6.07, 6.45) is 41.0. The van der Waals surface area contributed by atoms with Gasteiger partial charge in [-0.1, -0.05) is 132 Å². The van der Waals surface area contributed by atoms with Gasteiger partial charge in [0, 0.05) is 19.3 Å². The summed E-state index contributed by atoms with van der Waals surface area (Å²) in [5.74, 6) is -1.80. The minimum atomic E-state index is -1.14. The number of ether oxygens (including phenoxy) is 3. The van der Waals surface area contributed by atoms with Gasteiger partial charge in [0.25, 0.3) is 0 Å². The normalized spacial score (nSPS) is 13.6. The number of esters is 2. The van der Waals surface area contributed by atoms with E-state index in [1.165, 1.54) is 64.2 Å². The Balaban J connectivity index is 4.46. The molecule has 0 aliphatic carbocycles. The van der Waals surface area contributed by atoms with Gasteiger partial charge >= 0.3 is 11.9 Å². The zero-order chi connectivity index (χ0) is 38.5. The fraction of sp³-hybridized carbons (Fsp3) is 0.705. The standard InChI is InChI=1S/C44H75NO7/c1-6-8-10-12-14-16-18-20-21-23-24-26-28-30-32-34-42(46)51-39-40(38-50-37-36-41(44(48)49)45(3,4)5)52-43(47)35-33-31-29-27-25-22-19-17-15-13-11-9-7-2/h9,11,13,15-19,22,25,40-41H,6-8,10,12,14,20-21,23-24,26-39H2,1-5H3/b11-9+,15-13+,18-16+,19-17+,25-22+. The SMILES string of the molecule is CC/C=C/C=C/C=C/C=C/CCCCCC(=O)OC(COCCC(C(=O)[O-])[N+](C)(C)C)COC(=O)CCCCCCCCC/C=C/CCCCCC. The highest BCUT2D eigenvalue weighted by atomic mass is 16.6. The van der Waals surface area contributed by atoms with Crippen LogP contribution >= 0.6 is 0 Å². The van der Waals surface area contributed by atoms with Gasteiger partial charge in [-0.15, -0.1) is 0 Å². The monoisotopic (exact) mass is 730 g/mol. The van der Waals surface area contributed by atoms with E-state index in [4.69, 9.17) is 14.2 Å². The maximum atomic E-state index is 12.6. The van der Waals surface area contributed by atoms with Crippen LogP contribution in [0.1, 0.15) is 149 Å². The maximum absolute atomic E-state index is 12.6. The van der Waals surface area contributed by atoms with Crippen LogP contribution in [0.25, 0.3) is 0 Å². The fourth-order valence-corrected chi connectivity index (χ4v) is 5.54. The van der Waals surface area contributed by atoms with E-state index in [-0.39, 0.29) is 49.1 Å². The molecule has 0 spiro atoms. The summed E-state index contributed by atoms with van der Waals surface area (Å²) in [6, 6.07) is -0.735. The third-order valence-electron chi connectivity index (χ3n) is 8.73. The van der Waals surface area contributed by atoms with Crippen LogP contribution in [-0.4, -0.2) is 75.5 Å². The van der Waals surface area contributed by atoms with Crippen LogP contribution in [0.15, 0.2) is 60.8 Å². The molecule has 0 aromatic carbocycles. The molecule has 298 valence electrons. The molecule has 0 fully saturated rings. The summed E-state index contributed by atoms with van der Waals surface area (Å²) in [7, 11) is 5.38. The molecule has 52 heavy (non-hydrogen) atoms. The lowest BCUT2D eigenvalue weighted by atomic mass is 10.1. The number of carboxylic acid groups (broad SMARTS) is 1. The fourth-order valence-electron chi connectivity index (χ4n) is 5.54. The van der Waals surface area contributed by atoms with E-state index < -0.39 is 18.1 Å². The molecular formula is C44H75NO7. The average molecular weight is 730 g/mol. The predicted molar refractivity (Wildman–Crippen MR) is 212 cm³/mol. The number of hydrogen-bond donors (Lipinski definition) is 0. The van der Waals surface area contributed by atoms with Gasteiger partial charge in [0.05, 0.1) is 40.3 Å². The quantitative estimate of drug-likeness (QED) is 0.0211. The van der Waals surface area contributed by atoms with Gasteiger partial charge in [0.1, 0.15) is 12.6 Å². The second-order valence-electron chi connectivity index (χ2n) is 14.6. The van der Waals surface area contributed by atoms with Crippen molar-refractivity contribution in [3.05, 3.63) is 60.8 Å². The molecular weight excluding hydrogens is 654 g/mol. The largest absolute Gasteiger partial charge is 0.544 e. The van der Waals surface area contributed by atoms with Gasteiger partial charge in [-0.2, -0.15) is 0 Å². The molecule has 0 rings (SSSR count). The third-order valence-corrected chi connectivity index (χ3v) is 8.73. The molecule has 0 N–H and O–H groups in total. The summed E-state index contributed by atoms with van der Waals surface area (Å²) in [5, 5.41) is 11.6. The Morgan fingerprint density at radius 1 is 0.596 bits per heavy atom. The van der Waals surface area contributed by atoms with Crippen molar-refractivity contribution in [1.82, 2.24) is 0 Å². The Hall–Kier alpha value is -2.97. The van der Waals surface area contributed by atoms with E-state index in [2.05, 4.69) is 38.2 Å². The Bertz CT molecular complexity index is 1040. The number of nitrogens with zero attached hydrogens (tertiary/aromatic N) is 1. The molecule has 0 aliphatic heterocycles. The molecule has 0 bridgehead atoms. The van der Waals surface area contributed by atoms with E-state index >= 15 is 0 Å². The highest BCUT2D eigenvalue weighted by molar-refractivity contribution is 5.70. The van der Waals surface area contributed by atoms with E-state index in [1.54, 1.807) is 21.1 Å². The molecule has 0 saturated carbocycles. The molecule has 0 aromatic heterocycles. The van der Waals surface area contributed by atoms with Crippen LogP contribution in [0.4, 0.5) is 0 Å². The lowest BCUT2D eigenvalue weighted by Gasteiger charge is -2.34. The van der Waals surface area contributed by atoms with Gasteiger partial charge in [0.2, 0.25) is 0 Å². The van der Waals surface area contributed by atoms with Crippen molar-refractivity contribution in [3.8, 4) is 0 Å². The van der Waals surface area contributed by atoms with Gasteiger partial charge in [-0.05, 0) is 57.8 Å². The number of carboxylic acids is 1. The summed E-state index contributed by atoms with van der Waals surface area (Å²) < 4.78 is 17.1.